The molecule has 25 heavy (non-hydrogen) atoms. The number of nitrogens with zero attached hydrogens (tertiary/aromatic N) is 2. The molecule has 0 bridgehead atoms. The Balaban J connectivity index is 1.81. The van der Waals surface area contributed by atoms with Crippen LogP contribution >= 0.6 is 0 Å². The van der Waals surface area contributed by atoms with Gasteiger partial charge in [-0.25, -0.2) is 4.79 Å². The standard InChI is InChI=1S/C18H19N3O4/c1-18(2)15-11(10-6-4-5-7-12(10)19-15)8-13-16(23)20(9-14(22)25-3)17(24)21(13)18/h4-7,13,19H,8-9H2,1-3H3/t13-/m0/s1. The van der Waals surface area contributed by atoms with Crippen molar-refractivity contribution in [3.63, 3.8) is 0 Å². The number of ether oxygens (including phenoxy) is 1. The fraction of sp³-hybridized carbons (Fsp3) is 0.389. The molecule has 4 rings (SSSR count). The van der Waals surface area contributed by atoms with Crippen molar-refractivity contribution in [1.82, 2.24) is 14.8 Å². The van der Waals surface area contributed by atoms with Crippen LogP contribution < -0.4 is 0 Å². The number of esters is 1. The molecule has 3 heterocycles. The lowest BCUT2D eigenvalue weighted by atomic mass is 9.85. The predicted octanol–water partition coefficient (Wildman–Crippen LogP) is 1.76. The number of amides is 3. The zero-order valence-electron chi connectivity index (χ0n) is 14.3. The van der Waals surface area contributed by atoms with Crippen molar-refractivity contribution in [2.45, 2.75) is 31.8 Å². The van der Waals surface area contributed by atoms with Gasteiger partial charge in [-0.05, 0) is 25.5 Å². The Labute approximate surface area is 144 Å². The SMILES string of the molecule is COC(=O)CN1C(=O)[C@@H]2Cc3c([nH]c4ccccc34)C(C)(C)N2C1=O. The minimum Gasteiger partial charge on any atom is -0.468 e. The number of benzene rings is 1. The van der Waals surface area contributed by atoms with Crippen LogP contribution in [0, 0.1) is 0 Å². The zero-order chi connectivity index (χ0) is 17.9. The van der Waals surface area contributed by atoms with Crippen molar-refractivity contribution >= 4 is 28.8 Å². The summed E-state index contributed by atoms with van der Waals surface area (Å²) >= 11 is 0. The van der Waals surface area contributed by atoms with Crippen LogP contribution in [-0.4, -0.2) is 52.4 Å². The lowest BCUT2D eigenvalue weighted by Gasteiger charge is -2.42. The summed E-state index contributed by atoms with van der Waals surface area (Å²) in [7, 11) is 1.24. The van der Waals surface area contributed by atoms with Crippen molar-refractivity contribution in [3.05, 3.63) is 35.5 Å². The van der Waals surface area contributed by atoms with Gasteiger partial charge in [0.1, 0.15) is 12.6 Å². The normalized spacial score (nSPS) is 21.5. The van der Waals surface area contributed by atoms with Gasteiger partial charge in [-0.2, -0.15) is 0 Å². The quantitative estimate of drug-likeness (QED) is 0.666. The number of hydrogen-bond acceptors (Lipinski definition) is 4. The van der Waals surface area contributed by atoms with Gasteiger partial charge < -0.3 is 14.6 Å². The summed E-state index contributed by atoms with van der Waals surface area (Å²) in [6.07, 6.45) is 0.436. The maximum absolute atomic E-state index is 12.9. The van der Waals surface area contributed by atoms with Crippen molar-refractivity contribution in [2.24, 2.45) is 0 Å². The van der Waals surface area contributed by atoms with E-state index in [1.807, 2.05) is 38.1 Å². The average Bonchev–Trinajstić information content (AvgIpc) is 3.07. The first-order valence-corrected chi connectivity index (χ1v) is 8.17. The number of rotatable bonds is 2. The van der Waals surface area contributed by atoms with Crippen molar-refractivity contribution < 1.29 is 19.1 Å². The Hall–Kier alpha value is -2.83. The topological polar surface area (TPSA) is 82.7 Å². The van der Waals surface area contributed by atoms with Crippen LogP contribution in [0.5, 0.6) is 0 Å². The largest absolute Gasteiger partial charge is 0.468 e. The molecule has 1 saturated heterocycles. The second-order valence-electron chi connectivity index (χ2n) is 6.96. The number of para-hydroxylation sites is 1. The number of nitrogens with one attached hydrogen (secondary N) is 1. The molecule has 1 fully saturated rings. The molecule has 1 N–H and O–H groups in total. The maximum Gasteiger partial charge on any atom is 0.328 e. The van der Waals surface area contributed by atoms with Gasteiger partial charge in [-0.3, -0.25) is 14.5 Å². The highest BCUT2D eigenvalue weighted by Gasteiger charge is 2.55. The third kappa shape index (κ3) is 2.01. The second-order valence-corrected chi connectivity index (χ2v) is 6.96. The molecule has 1 atom stereocenters. The Morgan fingerprint density at radius 1 is 1.32 bits per heavy atom. The van der Waals surface area contributed by atoms with Gasteiger partial charge >= 0.3 is 12.0 Å². The van der Waals surface area contributed by atoms with Gasteiger partial charge in [0.2, 0.25) is 0 Å². The Bertz CT molecular complexity index is 914. The molecule has 0 unspecified atom stereocenters. The molecule has 1 aromatic carbocycles. The van der Waals surface area contributed by atoms with Crippen LogP contribution in [0.1, 0.15) is 25.1 Å². The van der Waals surface area contributed by atoms with E-state index in [0.29, 0.717) is 6.42 Å². The molecule has 0 aliphatic carbocycles. The Kier molecular flexibility index (Phi) is 3.19. The van der Waals surface area contributed by atoms with Crippen LogP contribution in [0.3, 0.4) is 0 Å². The van der Waals surface area contributed by atoms with Crippen molar-refractivity contribution in [1.29, 1.82) is 0 Å². The minimum atomic E-state index is -0.686. The molecule has 0 saturated carbocycles. The molecule has 130 valence electrons. The number of imide groups is 1. The number of aromatic nitrogens is 1. The van der Waals surface area contributed by atoms with Gasteiger partial charge in [-0.1, -0.05) is 18.2 Å². The van der Waals surface area contributed by atoms with E-state index < -0.39 is 23.6 Å². The fourth-order valence-electron chi connectivity index (χ4n) is 4.04. The van der Waals surface area contributed by atoms with Crippen LogP contribution in [0.4, 0.5) is 4.79 Å². The summed E-state index contributed by atoms with van der Waals surface area (Å²) < 4.78 is 4.61. The van der Waals surface area contributed by atoms with Gasteiger partial charge in [0.15, 0.2) is 0 Å². The average molecular weight is 341 g/mol. The van der Waals surface area contributed by atoms with Gasteiger partial charge in [0.25, 0.3) is 5.91 Å². The molecule has 3 amide bonds. The molecular weight excluding hydrogens is 322 g/mol. The molecule has 1 aromatic heterocycles. The molecule has 0 spiro atoms. The van der Waals surface area contributed by atoms with Crippen LogP contribution in [0.2, 0.25) is 0 Å². The first-order valence-electron chi connectivity index (χ1n) is 8.17. The monoisotopic (exact) mass is 341 g/mol. The van der Waals surface area contributed by atoms with E-state index in [4.69, 9.17) is 0 Å². The summed E-state index contributed by atoms with van der Waals surface area (Å²) in [5.74, 6) is -0.956. The van der Waals surface area contributed by atoms with Gasteiger partial charge in [-0.15, -0.1) is 0 Å². The molecular formula is C18H19N3O4. The fourth-order valence-corrected chi connectivity index (χ4v) is 4.04. The molecule has 2 aliphatic rings. The van der Waals surface area contributed by atoms with Gasteiger partial charge in [0, 0.05) is 23.0 Å². The third-order valence-electron chi connectivity index (χ3n) is 5.24. The second kappa shape index (κ2) is 5.08. The van der Waals surface area contributed by atoms with E-state index in [-0.39, 0.29) is 12.5 Å². The van der Waals surface area contributed by atoms with E-state index in [9.17, 15) is 14.4 Å². The summed E-state index contributed by atoms with van der Waals surface area (Å²) in [4.78, 5) is 43.2. The van der Waals surface area contributed by atoms with Crippen molar-refractivity contribution in [3.8, 4) is 0 Å². The van der Waals surface area contributed by atoms with Crippen LogP contribution in [-0.2, 0) is 26.3 Å². The Morgan fingerprint density at radius 2 is 2.04 bits per heavy atom. The van der Waals surface area contributed by atoms with Crippen molar-refractivity contribution in [2.75, 3.05) is 13.7 Å². The summed E-state index contributed by atoms with van der Waals surface area (Å²) in [5, 5.41) is 1.07. The van der Waals surface area contributed by atoms with E-state index >= 15 is 0 Å². The number of urea groups is 1. The summed E-state index contributed by atoms with van der Waals surface area (Å²) in [6, 6.07) is 6.87. The third-order valence-corrected chi connectivity index (χ3v) is 5.24. The lowest BCUT2D eigenvalue weighted by molar-refractivity contribution is -0.144. The summed E-state index contributed by atoms with van der Waals surface area (Å²) in [5.41, 5.74) is 2.30. The summed E-state index contributed by atoms with van der Waals surface area (Å²) in [6.45, 7) is 3.48. The number of H-pyrrole nitrogens is 1. The highest BCUT2D eigenvalue weighted by Crippen LogP contribution is 2.44. The smallest absolute Gasteiger partial charge is 0.328 e. The molecule has 0 radical (unpaired) electrons. The molecule has 2 aliphatic heterocycles. The first kappa shape index (κ1) is 15.7. The number of carbonyl (C=O) groups excluding carboxylic acids is 3. The molecule has 7 nitrogen and oxygen atoms in total. The maximum atomic E-state index is 12.9. The highest BCUT2D eigenvalue weighted by molar-refractivity contribution is 6.07. The van der Waals surface area contributed by atoms with Crippen LogP contribution in [0.15, 0.2) is 24.3 Å². The lowest BCUT2D eigenvalue weighted by Crippen LogP contribution is -2.52. The first-order chi connectivity index (χ1) is 11.9. The van der Waals surface area contributed by atoms with E-state index in [0.717, 1.165) is 27.1 Å². The Morgan fingerprint density at radius 3 is 2.76 bits per heavy atom. The molecule has 7 heteroatoms. The van der Waals surface area contributed by atoms with Gasteiger partial charge in [0.05, 0.1) is 12.6 Å². The number of carbonyl (C=O) groups is 3. The number of methoxy groups -OCH3 is 1. The van der Waals surface area contributed by atoms with E-state index in [1.54, 1.807) is 4.90 Å². The van der Waals surface area contributed by atoms with E-state index in [1.165, 1.54) is 7.11 Å². The number of fused-ring (bicyclic) bond motifs is 4. The minimum absolute atomic E-state index is 0.348. The van der Waals surface area contributed by atoms with E-state index in [2.05, 4.69) is 9.72 Å². The van der Waals surface area contributed by atoms with Crippen LogP contribution in [0.25, 0.3) is 10.9 Å². The number of aromatic amines is 1. The molecule has 2 aromatic rings. The predicted molar refractivity (Wildman–Crippen MR) is 89.8 cm³/mol. The number of hydrogen-bond donors (Lipinski definition) is 1. The highest BCUT2D eigenvalue weighted by atomic mass is 16.5. The zero-order valence-corrected chi connectivity index (χ0v) is 14.3.